The SMILES string of the molecule is COc1ccc(CNc2ccc(C(N)=O)c(Cl)c2)cn1. The molecule has 1 heterocycles. The van der Waals surface area contributed by atoms with Gasteiger partial charge in [-0.15, -0.1) is 0 Å². The number of nitrogens with two attached hydrogens (primary N) is 1. The molecular formula is C14H14ClN3O2. The topological polar surface area (TPSA) is 77.2 Å². The zero-order valence-electron chi connectivity index (χ0n) is 10.9. The maximum atomic E-state index is 11.1. The lowest BCUT2D eigenvalue weighted by Crippen LogP contribution is -2.11. The van der Waals surface area contributed by atoms with Gasteiger partial charge in [0, 0.05) is 24.5 Å². The predicted molar refractivity (Wildman–Crippen MR) is 78.1 cm³/mol. The summed E-state index contributed by atoms with van der Waals surface area (Å²) in [6, 6.07) is 8.72. The molecule has 104 valence electrons. The van der Waals surface area contributed by atoms with Gasteiger partial charge < -0.3 is 15.8 Å². The predicted octanol–water partition coefficient (Wildman–Crippen LogP) is 2.45. The summed E-state index contributed by atoms with van der Waals surface area (Å²) in [6.45, 7) is 0.587. The quantitative estimate of drug-likeness (QED) is 0.887. The molecule has 1 aromatic carbocycles. The van der Waals surface area contributed by atoms with Crippen LogP contribution < -0.4 is 15.8 Å². The number of aromatic nitrogens is 1. The monoisotopic (exact) mass is 291 g/mol. The van der Waals surface area contributed by atoms with Crippen LogP contribution in [0.3, 0.4) is 0 Å². The first-order valence-electron chi connectivity index (χ1n) is 5.92. The van der Waals surface area contributed by atoms with Crippen molar-refractivity contribution < 1.29 is 9.53 Å². The lowest BCUT2D eigenvalue weighted by atomic mass is 10.2. The van der Waals surface area contributed by atoms with Gasteiger partial charge in [-0.3, -0.25) is 4.79 Å². The Morgan fingerprint density at radius 2 is 2.20 bits per heavy atom. The van der Waals surface area contributed by atoms with Crippen LogP contribution in [0.2, 0.25) is 5.02 Å². The summed E-state index contributed by atoms with van der Waals surface area (Å²) < 4.78 is 4.99. The Morgan fingerprint density at radius 1 is 1.40 bits per heavy atom. The van der Waals surface area contributed by atoms with Gasteiger partial charge in [0.25, 0.3) is 0 Å². The number of anilines is 1. The van der Waals surface area contributed by atoms with Crippen molar-refractivity contribution in [1.29, 1.82) is 0 Å². The number of benzene rings is 1. The number of hydrogen-bond donors (Lipinski definition) is 2. The second-order valence-corrected chi connectivity index (χ2v) is 4.53. The number of hydrogen-bond acceptors (Lipinski definition) is 4. The fraction of sp³-hybridized carbons (Fsp3) is 0.143. The van der Waals surface area contributed by atoms with Gasteiger partial charge in [-0.1, -0.05) is 17.7 Å². The number of rotatable bonds is 5. The van der Waals surface area contributed by atoms with E-state index in [0.717, 1.165) is 11.3 Å². The third-order valence-electron chi connectivity index (χ3n) is 2.74. The molecular weight excluding hydrogens is 278 g/mol. The number of amides is 1. The molecule has 0 radical (unpaired) electrons. The minimum absolute atomic E-state index is 0.309. The van der Waals surface area contributed by atoms with Crippen molar-refractivity contribution in [3.05, 3.63) is 52.7 Å². The van der Waals surface area contributed by atoms with Gasteiger partial charge in [-0.25, -0.2) is 4.98 Å². The third kappa shape index (κ3) is 3.39. The zero-order valence-corrected chi connectivity index (χ0v) is 11.6. The van der Waals surface area contributed by atoms with Crippen molar-refractivity contribution in [3.63, 3.8) is 0 Å². The number of ether oxygens (including phenoxy) is 1. The van der Waals surface area contributed by atoms with Gasteiger partial charge in [-0.2, -0.15) is 0 Å². The largest absolute Gasteiger partial charge is 0.481 e. The van der Waals surface area contributed by atoms with Crippen LogP contribution in [0.1, 0.15) is 15.9 Å². The molecule has 0 saturated heterocycles. The Morgan fingerprint density at radius 3 is 2.75 bits per heavy atom. The van der Waals surface area contributed by atoms with E-state index in [1.54, 1.807) is 37.6 Å². The van der Waals surface area contributed by atoms with Crippen LogP contribution in [0.4, 0.5) is 5.69 Å². The van der Waals surface area contributed by atoms with E-state index in [-0.39, 0.29) is 0 Å². The fourth-order valence-electron chi connectivity index (χ4n) is 1.67. The zero-order chi connectivity index (χ0) is 14.5. The highest BCUT2D eigenvalue weighted by molar-refractivity contribution is 6.34. The first-order valence-corrected chi connectivity index (χ1v) is 6.30. The van der Waals surface area contributed by atoms with Gasteiger partial charge in [0.05, 0.1) is 17.7 Å². The molecule has 20 heavy (non-hydrogen) atoms. The number of methoxy groups -OCH3 is 1. The number of pyridine rings is 1. The Labute approximate surface area is 121 Å². The number of carbonyl (C=O) groups excluding carboxylic acids is 1. The van der Waals surface area contributed by atoms with Crippen LogP contribution in [0.25, 0.3) is 0 Å². The molecule has 1 amide bonds. The number of halogens is 1. The Balaban J connectivity index is 2.03. The first kappa shape index (κ1) is 14.1. The van der Waals surface area contributed by atoms with Crippen LogP contribution in [-0.4, -0.2) is 18.0 Å². The summed E-state index contributed by atoms with van der Waals surface area (Å²) in [7, 11) is 1.57. The van der Waals surface area contributed by atoms with E-state index in [1.807, 2.05) is 6.07 Å². The molecule has 0 spiro atoms. The van der Waals surface area contributed by atoms with Crippen LogP contribution in [0, 0.1) is 0 Å². The van der Waals surface area contributed by atoms with Gasteiger partial charge in [0.2, 0.25) is 11.8 Å². The van der Waals surface area contributed by atoms with Crippen molar-refractivity contribution in [2.75, 3.05) is 12.4 Å². The summed E-state index contributed by atoms with van der Waals surface area (Å²) in [4.78, 5) is 15.2. The molecule has 0 aliphatic carbocycles. The second kappa shape index (κ2) is 6.25. The van der Waals surface area contributed by atoms with Gasteiger partial charge >= 0.3 is 0 Å². The van der Waals surface area contributed by atoms with Crippen LogP contribution in [-0.2, 0) is 6.54 Å². The minimum atomic E-state index is -0.541. The van der Waals surface area contributed by atoms with Crippen molar-refractivity contribution in [2.24, 2.45) is 5.73 Å². The molecule has 3 N–H and O–H groups in total. The maximum Gasteiger partial charge on any atom is 0.250 e. The average molecular weight is 292 g/mol. The highest BCUT2D eigenvalue weighted by atomic mass is 35.5. The second-order valence-electron chi connectivity index (χ2n) is 4.12. The van der Waals surface area contributed by atoms with E-state index in [2.05, 4.69) is 10.3 Å². The fourth-order valence-corrected chi connectivity index (χ4v) is 1.94. The molecule has 2 rings (SSSR count). The lowest BCUT2D eigenvalue weighted by Gasteiger charge is -2.08. The van der Waals surface area contributed by atoms with Gasteiger partial charge in [-0.05, 0) is 23.8 Å². The van der Waals surface area contributed by atoms with Crippen molar-refractivity contribution >= 4 is 23.2 Å². The van der Waals surface area contributed by atoms with E-state index in [0.29, 0.717) is 23.0 Å². The van der Waals surface area contributed by atoms with Crippen LogP contribution in [0.15, 0.2) is 36.5 Å². The smallest absolute Gasteiger partial charge is 0.250 e. The molecule has 2 aromatic rings. The summed E-state index contributed by atoms with van der Waals surface area (Å²) in [6.07, 6.45) is 1.73. The molecule has 0 aliphatic heterocycles. The van der Waals surface area contributed by atoms with E-state index >= 15 is 0 Å². The maximum absolute atomic E-state index is 11.1. The summed E-state index contributed by atoms with van der Waals surface area (Å²) >= 11 is 5.98. The molecule has 0 aliphatic rings. The Hall–Kier alpha value is -2.27. The van der Waals surface area contributed by atoms with Gasteiger partial charge in [0.1, 0.15) is 0 Å². The van der Waals surface area contributed by atoms with Crippen molar-refractivity contribution in [3.8, 4) is 5.88 Å². The molecule has 6 heteroatoms. The van der Waals surface area contributed by atoms with E-state index in [4.69, 9.17) is 22.1 Å². The number of nitrogens with one attached hydrogen (secondary N) is 1. The highest BCUT2D eigenvalue weighted by Crippen LogP contribution is 2.21. The lowest BCUT2D eigenvalue weighted by molar-refractivity contribution is 0.100. The number of nitrogens with zero attached hydrogens (tertiary/aromatic N) is 1. The van der Waals surface area contributed by atoms with Crippen LogP contribution >= 0.6 is 11.6 Å². The molecule has 5 nitrogen and oxygen atoms in total. The Kier molecular flexibility index (Phi) is 4.42. The molecule has 0 bridgehead atoms. The van der Waals surface area contributed by atoms with Crippen molar-refractivity contribution in [1.82, 2.24) is 4.98 Å². The van der Waals surface area contributed by atoms with E-state index < -0.39 is 5.91 Å². The standard InChI is InChI=1S/C14H14ClN3O2/c1-20-13-5-2-9(8-18-13)7-17-10-3-4-11(14(16)19)12(15)6-10/h2-6,8,17H,7H2,1H3,(H2,16,19). The molecule has 0 unspecified atom stereocenters. The van der Waals surface area contributed by atoms with Gasteiger partial charge in [0.15, 0.2) is 0 Å². The summed E-state index contributed by atoms with van der Waals surface area (Å²) in [5, 5.41) is 3.52. The molecule has 0 atom stereocenters. The number of primary amides is 1. The normalized spacial score (nSPS) is 10.1. The molecule has 0 saturated carbocycles. The first-order chi connectivity index (χ1) is 9.60. The van der Waals surface area contributed by atoms with E-state index in [9.17, 15) is 4.79 Å². The molecule has 0 fully saturated rings. The number of carbonyl (C=O) groups is 1. The minimum Gasteiger partial charge on any atom is -0.481 e. The van der Waals surface area contributed by atoms with E-state index in [1.165, 1.54) is 0 Å². The molecule has 1 aromatic heterocycles. The Bertz CT molecular complexity index is 614. The summed E-state index contributed by atoms with van der Waals surface area (Å²) in [5.74, 6) is 0.0310. The summed E-state index contributed by atoms with van der Waals surface area (Å²) in [5.41, 5.74) is 7.30. The van der Waals surface area contributed by atoms with Crippen molar-refractivity contribution in [2.45, 2.75) is 6.54 Å². The average Bonchev–Trinajstić information content (AvgIpc) is 2.45. The highest BCUT2D eigenvalue weighted by Gasteiger charge is 2.06. The third-order valence-corrected chi connectivity index (χ3v) is 3.05. The van der Waals surface area contributed by atoms with Crippen LogP contribution in [0.5, 0.6) is 5.88 Å².